The number of hydrogen-bond donors (Lipinski definition) is 0. The minimum Gasteiger partial charge on any atom is -0.488 e. The lowest BCUT2D eigenvalue weighted by atomic mass is 10.1. The number of nitriles is 1. The Bertz CT molecular complexity index is 730. The molecule has 0 fully saturated rings. The van der Waals surface area contributed by atoms with E-state index in [0.717, 1.165) is 11.1 Å². The highest BCUT2D eigenvalue weighted by Gasteiger charge is 2.05. The smallest absolute Gasteiger partial charge is 0.309 e. The predicted octanol–water partition coefficient (Wildman–Crippen LogP) is 3.71. The fourth-order valence-corrected chi connectivity index (χ4v) is 1.96. The van der Waals surface area contributed by atoms with E-state index in [9.17, 15) is 10.1 Å². The van der Waals surface area contributed by atoms with Crippen molar-refractivity contribution in [1.29, 1.82) is 5.26 Å². The zero-order valence-electron chi connectivity index (χ0n) is 12.9. The summed E-state index contributed by atoms with van der Waals surface area (Å²) < 4.78 is 10.3. The molecule has 0 aromatic heterocycles. The molecule has 0 aliphatic rings. The van der Waals surface area contributed by atoms with Gasteiger partial charge in [0.2, 0.25) is 0 Å². The quantitative estimate of drug-likeness (QED) is 0.763. The molecule has 4 heteroatoms. The molecule has 0 bridgehead atoms. The molecule has 116 valence electrons. The van der Waals surface area contributed by atoms with Gasteiger partial charge in [-0.05, 0) is 23.3 Å². The summed E-state index contributed by atoms with van der Waals surface area (Å²) in [5.74, 6) is 0.229. The Balaban J connectivity index is 2.09. The van der Waals surface area contributed by atoms with Gasteiger partial charge in [-0.2, -0.15) is 5.26 Å². The number of carbonyl (C=O) groups excluding carboxylic acids is 1. The lowest BCUT2D eigenvalue weighted by molar-refractivity contribution is -0.139. The number of ether oxygens (including phenoxy) is 2. The minimum absolute atomic E-state index is 0.205. The van der Waals surface area contributed by atoms with E-state index in [-0.39, 0.29) is 12.4 Å². The van der Waals surface area contributed by atoms with Crippen LogP contribution in [0, 0.1) is 11.3 Å². The Hall–Kier alpha value is -3.06. The predicted molar refractivity (Wildman–Crippen MR) is 87.6 cm³/mol. The van der Waals surface area contributed by atoms with E-state index in [1.807, 2.05) is 36.4 Å². The summed E-state index contributed by atoms with van der Waals surface area (Å²) in [4.78, 5) is 11.1. The molecule has 0 spiro atoms. The standard InChI is InChI=1S/C19H17NO3/c1-22-19(21)9-5-8-15-10-11-17(13-20)18(12-15)23-14-16-6-3-2-4-7-16/h2-8,10-12H,9,14H2,1H3. The topological polar surface area (TPSA) is 59.3 Å². The van der Waals surface area contributed by atoms with Crippen molar-refractivity contribution in [3.8, 4) is 11.8 Å². The van der Waals surface area contributed by atoms with Crippen LogP contribution in [0.5, 0.6) is 5.75 Å². The van der Waals surface area contributed by atoms with Crippen LogP contribution in [0.3, 0.4) is 0 Å². The number of methoxy groups -OCH3 is 1. The van der Waals surface area contributed by atoms with Gasteiger partial charge in [0.05, 0.1) is 19.1 Å². The third kappa shape index (κ3) is 5.01. The largest absolute Gasteiger partial charge is 0.488 e. The third-order valence-electron chi connectivity index (χ3n) is 3.19. The summed E-state index contributed by atoms with van der Waals surface area (Å²) in [6.07, 6.45) is 3.72. The average Bonchev–Trinajstić information content (AvgIpc) is 2.60. The van der Waals surface area contributed by atoms with Gasteiger partial charge in [-0.15, -0.1) is 0 Å². The Labute approximate surface area is 135 Å². The van der Waals surface area contributed by atoms with Gasteiger partial charge < -0.3 is 9.47 Å². The second-order valence-corrected chi connectivity index (χ2v) is 4.82. The maximum Gasteiger partial charge on any atom is 0.309 e. The van der Waals surface area contributed by atoms with E-state index >= 15 is 0 Å². The normalized spacial score (nSPS) is 10.3. The van der Waals surface area contributed by atoms with Crippen molar-refractivity contribution in [3.63, 3.8) is 0 Å². The molecule has 2 aromatic rings. The lowest BCUT2D eigenvalue weighted by Gasteiger charge is -2.09. The van der Waals surface area contributed by atoms with Crippen LogP contribution < -0.4 is 4.74 Å². The molecule has 0 aliphatic carbocycles. The summed E-state index contributed by atoms with van der Waals surface area (Å²) >= 11 is 0. The minimum atomic E-state index is -0.296. The molecule has 0 heterocycles. The molecular weight excluding hydrogens is 290 g/mol. The highest BCUT2D eigenvalue weighted by atomic mass is 16.5. The number of rotatable bonds is 6. The third-order valence-corrected chi connectivity index (χ3v) is 3.19. The summed E-state index contributed by atoms with van der Waals surface area (Å²) in [6, 6.07) is 17.2. The molecular formula is C19H17NO3. The highest BCUT2D eigenvalue weighted by molar-refractivity contribution is 5.72. The van der Waals surface area contributed by atoms with Crippen LogP contribution in [0.15, 0.2) is 54.6 Å². The average molecular weight is 307 g/mol. The Kier molecular flexibility index (Phi) is 5.96. The maximum absolute atomic E-state index is 11.1. The van der Waals surface area contributed by atoms with Gasteiger partial charge in [-0.25, -0.2) is 0 Å². The van der Waals surface area contributed by atoms with E-state index in [1.165, 1.54) is 7.11 Å². The van der Waals surface area contributed by atoms with Gasteiger partial charge in [0.1, 0.15) is 18.4 Å². The fraction of sp³-hybridized carbons (Fsp3) is 0.158. The first-order valence-electron chi connectivity index (χ1n) is 7.17. The molecule has 2 rings (SSSR count). The number of carbonyl (C=O) groups is 1. The first-order chi connectivity index (χ1) is 11.2. The Morgan fingerprint density at radius 1 is 1.22 bits per heavy atom. The molecule has 4 nitrogen and oxygen atoms in total. The molecule has 0 atom stereocenters. The van der Waals surface area contributed by atoms with Crippen molar-refractivity contribution in [2.75, 3.05) is 7.11 Å². The second kappa shape index (κ2) is 8.40. The highest BCUT2D eigenvalue weighted by Crippen LogP contribution is 2.22. The van der Waals surface area contributed by atoms with Crippen LogP contribution in [-0.2, 0) is 16.1 Å². The first kappa shape index (κ1) is 16.3. The SMILES string of the molecule is COC(=O)CC=Cc1ccc(C#N)c(OCc2ccccc2)c1. The van der Waals surface area contributed by atoms with Gasteiger partial charge in [0.25, 0.3) is 0 Å². The summed E-state index contributed by atoms with van der Waals surface area (Å²) in [5.41, 5.74) is 2.37. The molecule has 0 saturated heterocycles. The molecule has 0 radical (unpaired) electrons. The van der Waals surface area contributed by atoms with Crippen molar-refractivity contribution in [1.82, 2.24) is 0 Å². The zero-order chi connectivity index (χ0) is 16.5. The number of nitrogens with zero attached hydrogens (tertiary/aromatic N) is 1. The van der Waals surface area contributed by atoms with Crippen LogP contribution in [0.1, 0.15) is 23.1 Å². The van der Waals surface area contributed by atoms with Gasteiger partial charge >= 0.3 is 5.97 Å². The molecule has 0 N–H and O–H groups in total. The number of benzene rings is 2. The van der Waals surface area contributed by atoms with Crippen molar-refractivity contribution in [2.24, 2.45) is 0 Å². The van der Waals surface area contributed by atoms with Crippen molar-refractivity contribution < 1.29 is 14.3 Å². The number of esters is 1. The van der Waals surface area contributed by atoms with Crippen LogP contribution >= 0.6 is 0 Å². The van der Waals surface area contributed by atoms with E-state index in [2.05, 4.69) is 10.8 Å². The monoisotopic (exact) mass is 307 g/mol. The molecule has 0 amide bonds. The van der Waals surface area contributed by atoms with E-state index in [0.29, 0.717) is 17.9 Å². The van der Waals surface area contributed by atoms with E-state index in [4.69, 9.17) is 4.74 Å². The summed E-state index contributed by atoms with van der Waals surface area (Å²) in [6.45, 7) is 0.394. The molecule has 0 saturated carbocycles. The van der Waals surface area contributed by atoms with Gasteiger partial charge in [0, 0.05) is 0 Å². The van der Waals surface area contributed by atoms with Crippen molar-refractivity contribution in [2.45, 2.75) is 13.0 Å². The van der Waals surface area contributed by atoms with E-state index in [1.54, 1.807) is 24.3 Å². The van der Waals surface area contributed by atoms with Gasteiger partial charge in [-0.1, -0.05) is 48.6 Å². The van der Waals surface area contributed by atoms with E-state index < -0.39 is 0 Å². The zero-order valence-corrected chi connectivity index (χ0v) is 12.9. The molecule has 2 aromatic carbocycles. The van der Waals surface area contributed by atoms with Crippen LogP contribution in [0.2, 0.25) is 0 Å². The maximum atomic E-state index is 11.1. The first-order valence-corrected chi connectivity index (χ1v) is 7.17. The Morgan fingerprint density at radius 3 is 2.70 bits per heavy atom. The van der Waals surface area contributed by atoms with Gasteiger partial charge in [0.15, 0.2) is 0 Å². The van der Waals surface area contributed by atoms with Crippen LogP contribution in [0.4, 0.5) is 0 Å². The fourth-order valence-electron chi connectivity index (χ4n) is 1.96. The van der Waals surface area contributed by atoms with Crippen molar-refractivity contribution in [3.05, 3.63) is 71.3 Å². The number of hydrogen-bond acceptors (Lipinski definition) is 4. The molecule has 0 aliphatic heterocycles. The lowest BCUT2D eigenvalue weighted by Crippen LogP contribution is -1.98. The Morgan fingerprint density at radius 2 is 2.00 bits per heavy atom. The molecule has 23 heavy (non-hydrogen) atoms. The second-order valence-electron chi connectivity index (χ2n) is 4.82. The molecule has 0 unspecified atom stereocenters. The van der Waals surface area contributed by atoms with Crippen LogP contribution in [0.25, 0.3) is 6.08 Å². The van der Waals surface area contributed by atoms with Crippen molar-refractivity contribution >= 4 is 12.0 Å². The summed E-state index contributed by atoms with van der Waals surface area (Å²) in [5, 5.41) is 9.18. The van der Waals surface area contributed by atoms with Gasteiger partial charge in [-0.3, -0.25) is 4.79 Å². The van der Waals surface area contributed by atoms with Crippen LogP contribution in [-0.4, -0.2) is 13.1 Å². The summed E-state index contributed by atoms with van der Waals surface area (Å²) in [7, 11) is 1.35.